The van der Waals surface area contributed by atoms with Crippen LogP contribution in [0.5, 0.6) is 0 Å². The Kier molecular flexibility index (Phi) is 3.98. The Morgan fingerprint density at radius 3 is 2.71 bits per heavy atom. The second kappa shape index (κ2) is 4.82. The number of pyridine rings is 1. The molecular formula is C8H6Cl3NO2. The van der Waals surface area contributed by atoms with Gasteiger partial charge in [0.25, 0.3) is 0 Å². The molecule has 0 aliphatic carbocycles. The third-order valence-electron chi connectivity index (χ3n) is 1.26. The first-order chi connectivity index (χ1) is 6.49. The maximum Gasteiger partial charge on any atom is 0.339 e. The molecule has 0 atom stereocenters. The Morgan fingerprint density at radius 2 is 2.21 bits per heavy atom. The fourth-order valence-corrected chi connectivity index (χ4v) is 0.878. The van der Waals surface area contributed by atoms with Gasteiger partial charge in [0.05, 0.1) is 5.56 Å². The minimum Gasteiger partial charge on any atom is -0.457 e. The van der Waals surface area contributed by atoms with Crippen molar-refractivity contribution in [1.29, 1.82) is 0 Å². The highest BCUT2D eigenvalue weighted by Crippen LogP contribution is 2.26. The number of carbonyl (C=O) groups is 1. The molecule has 0 aromatic carbocycles. The molecule has 6 heteroatoms. The summed E-state index contributed by atoms with van der Waals surface area (Å²) < 4.78 is 3.13. The van der Waals surface area contributed by atoms with E-state index in [9.17, 15) is 4.79 Å². The molecule has 0 aliphatic heterocycles. The molecule has 0 unspecified atom stereocenters. The molecule has 14 heavy (non-hydrogen) atoms. The first-order valence-corrected chi connectivity index (χ1v) is 4.76. The highest BCUT2D eigenvalue weighted by atomic mass is 35.6. The maximum absolute atomic E-state index is 11.3. The van der Waals surface area contributed by atoms with Crippen LogP contribution < -0.4 is 0 Å². The highest BCUT2D eigenvalue weighted by Gasteiger charge is 2.22. The largest absolute Gasteiger partial charge is 0.457 e. The monoisotopic (exact) mass is 253 g/mol. The van der Waals surface area contributed by atoms with E-state index in [4.69, 9.17) is 39.5 Å². The van der Waals surface area contributed by atoms with Crippen LogP contribution in [-0.2, 0) is 4.74 Å². The van der Waals surface area contributed by atoms with Gasteiger partial charge < -0.3 is 4.74 Å². The number of hydrogen-bond acceptors (Lipinski definition) is 3. The van der Waals surface area contributed by atoms with Gasteiger partial charge in [-0.3, -0.25) is 4.98 Å². The minimum absolute atomic E-state index is 0.286. The van der Waals surface area contributed by atoms with Crippen LogP contribution in [0.25, 0.3) is 0 Å². The average molecular weight is 255 g/mol. The number of halogens is 3. The van der Waals surface area contributed by atoms with Crippen molar-refractivity contribution < 1.29 is 9.53 Å². The smallest absolute Gasteiger partial charge is 0.339 e. The van der Waals surface area contributed by atoms with Crippen molar-refractivity contribution in [2.45, 2.75) is 3.79 Å². The van der Waals surface area contributed by atoms with Gasteiger partial charge in [-0.1, -0.05) is 34.8 Å². The van der Waals surface area contributed by atoms with E-state index < -0.39 is 9.76 Å². The second-order valence-corrected chi connectivity index (χ2v) is 4.95. The Morgan fingerprint density at radius 1 is 1.50 bits per heavy atom. The van der Waals surface area contributed by atoms with Crippen molar-refractivity contribution in [1.82, 2.24) is 4.98 Å². The highest BCUT2D eigenvalue weighted by molar-refractivity contribution is 6.67. The van der Waals surface area contributed by atoms with Gasteiger partial charge in [0.1, 0.15) is 6.61 Å². The zero-order chi connectivity index (χ0) is 10.6. The molecule has 0 N–H and O–H groups in total. The average Bonchev–Trinajstić information content (AvgIpc) is 2.14. The van der Waals surface area contributed by atoms with Gasteiger partial charge in [0.2, 0.25) is 3.79 Å². The van der Waals surface area contributed by atoms with E-state index in [1.165, 1.54) is 6.20 Å². The number of ether oxygens (including phenoxy) is 1. The van der Waals surface area contributed by atoms with Crippen LogP contribution in [0.15, 0.2) is 24.5 Å². The predicted molar refractivity (Wildman–Crippen MR) is 54.8 cm³/mol. The topological polar surface area (TPSA) is 39.2 Å². The van der Waals surface area contributed by atoms with Crippen LogP contribution in [0.2, 0.25) is 0 Å². The van der Waals surface area contributed by atoms with E-state index in [0.29, 0.717) is 5.56 Å². The molecular weight excluding hydrogens is 248 g/mol. The van der Waals surface area contributed by atoms with E-state index >= 15 is 0 Å². The summed E-state index contributed by atoms with van der Waals surface area (Å²) in [7, 11) is 0. The lowest BCUT2D eigenvalue weighted by molar-refractivity contribution is 0.0511. The number of esters is 1. The maximum atomic E-state index is 11.3. The summed E-state index contributed by atoms with van der Waals surface area (Å²) in [6.07, 6.45) is 2.92. The number of alkyl halides is 3. The van der Waals surface area contributed by atoms with Gasteiger partial charge in [-0.25, -0.2) is 4.79 Å². The van der Waals surface area contributed by atoms with Crippen molar-refractivity contribution in [3.8, 4) is 0 Å². The van der Waals surface area contributed by atoms with Gasteiger partial charge in [-0.2, -0.15) is 0 Å². The first kappa shape index (κ1) is 11.6. The van der Waals surface area contributed by atoms with Gasteiger partial charge in [-0.05, 0) is 12.1 Å². The second-order valence-electron chi connectivity index (χ2n) is 2.43. The molecule has 0 amide bonds. The first-order valence-electron chi connectivity index (χ1n) is 3.63. The summed E-state index contributed by atoms with van der Waals surface area (Å²) in [6, 6.07) is 3.18. The molecule has 1 aromatic heterocycles. The van der Waals surface area contributed by atoms with E-state index in [1.807, 2.05) is 0 Å². The Hall–Kier alpha value is -0.510. The van der Waals surface area contributed by atoms with E-state index in [-0.39, 0.29) is 6.61 Å². The Balaban J connectivity index is 2.52. The molecule has 0 saturated heterocycles. The molecule has 0 aliphatic rings. The van der Waals surface area contributed by atoms with Gasteiger partial charge in [0, 0.05) is 12.4 Å². The molecule has 0 fully saturated rings. The lowest BCUT2D eigenvalue weighted by Gasteiger charge is -2.10. The van der Waals surface area contributed by atoms with Crippen LogP contribution in [0.1, 0.15) is 10.4 Å². The van der Waals surface area contributed by atoms with Crippen LogP contribution in [0.3, 0.4) is 0 Å². The number of aromatic nitrogens is 1. The predicted octanol–water partition coefficient (Wildman–Crippen LogP) is 2.61. The summed E-state index contributed by atoms with van der Waals surface area (Å²) in [6.45, 7) is -0.286. The molecule has 3 nitrogen and oxygen atoms in total. The van der Waals surface area contributed by atoms with Gasteiger partial charge in [0.15, 0.2) is 0 Å². The SMILES string of the molecule is O=C(OCC(Cl)(Cl)Cl)c1cccnc1. The third-order valence-corrected chi connectivity index (χ3v) is 1.59. The quantitative estimate of drug-likeness (QED) is 0.601. The normalized spacial score (nSPS) is 11.1. The summed E-state index contributed by atoms with van der Waals surface area (Å²) in [5.74, 6) is -0.565. The molecule has 0 saturated carbocycles. The zero-order valence-electron chi connectivity index (χ0n) is 6.91. The van der Waals surface area contributed by atoms with Crippen LogP contribution in [0.4, 0.5) is 0 Å². The number of hydrogen-bond donors (Lipinski definition) is 0. The van der Waals surface area contributed by atoms with Crippen LogP contribution in [-0.4, -0.2) is 21.4 Å². The van der Waals surface area contributed by atoms with E-state index in [0.717, 1.165) is 0 Å². The molecule has 1 heterocycles. The third kappa shape index (κ3) is 4.13. The number of carbonyl (C=O) groups excluding carboxylic acids is 1. The van der Waals surface area contributed by atoms with E-state index in [2.05, 4.69) is 4.98 Å². The van der Waals surface area contributed by atoms with Crippen LogP contribution >= 0.6 is 34.8 Å². The van der Waals surface area contributed by atoms with E-state index in [1.54, 1.807) is 18.3 Å². The summed E-state index contributed by atoms with van der Waals surface area (Å²) in [5, 5.41) is 0. The fourth-order valence-electron chi connectivity index (χ4n) is 0.714. The Labute approximate surface area is 95.9 Å². The van der Waals surface area contributed by atoms with Crippen LogP contribution in [0, 0.1) is 0 Å². The molecule has 76 valence electrons. The Bertz CT molecular complexity index is 310. The fraction of sp³-hybridized carbons (Fsp3) is 0.250. The molecule has 0 spiro atoms. The minimum atomic E-state index is -1.59. The van der Waals surface area contributed by atoms with Gasteiger partial charge in [-0.15, -0.1) is 0 Å². The molecule has 0 bridgehead atoms. The summed E-state index contributed by atoms with van der Waals surface area (Å²) in [5.41, 5.74) is 0.321. The molecule has 1 rings (SSSR count). The van der Waals surface area contributed by atoms with Gasteiger partial charge >= 0.3 is 5.97 Å². The summed E-state index contributed by atoms with van der Waals surface area (Å²) >= 11 is 16.2. The van der Waals surface area contributed by atoms with Crippen molar-refractivity contribution in [2.75, 3.05) is 6.61 Å². The lowest BCUT2D eigenvalue weighted by atomic mass is 10.3. The molecule has 1 aromatic rings. The standard InChI is InChI=1S/C8H6Cl3NO2/c9-8(10,11)5-14-7(13)6-2-1-3-12-4-6/h1-4H,5H2. The summed E-state index contributed by atoms with van der Waals surface area (Å²) in [4.78, 5) is 15.0. The lowest BCUT2D eigenvalue weighted by Crippen LogP contribution is -2.17. The van der Waals surface area contributed by atoms with Crippen molar-refractivity contribution in [3.63, 3.8) is 0 Å². The van der Waals surface area contributed by atoms with Crippen molar-refractivity contribution in [3.05, 3.63) is 30.1 Å². The van der Waals surface area contributed by atoms with Crippen molar-refractivity contribution >= 4 is 40.8 Å². The number of rotatable bonds is 2. The zero-order valence-corrected chi connectivity index (χ0v) is 9.18. The molecule has 0 radical (unpaired) electrons. The number of nitrogens with zero attached hydrogens (tertiary/aromatic N) is 1. The van der Waals surface area contributed by atoms with Crippen molar-refractivity contribution in [2.24, 2.45) is 0 Å².